The lowest BCUT2D eigenvalue weighted by molar-refractivity contribution is -0.0128. The standard InChI is InChI=1S/C21H24N2O2S/c1-13-5-4-6-14(9-13)17-11-21(12-20(2,3)22-19(26)23-21)25-18-10-15(24)7-8-16(17)18/h4-10,17,24H,11-12H2,1-3H3,(H2,22,23,26)/t17-,21-/m1/s1. The molecule has 26 heavy (non-hydrogen) atoms. The molecule has 2 atom stereocenters. The molecule has 2 aromatic rings. The van der Waals surface area contributed by atoms with Gasteiger partial charge in [-0.05, 0) is 44.6 Å². The van der Waals surface area contributed by atoms with E-state index in [2.05, 4.69) is 55.7 Å². The highest BCUT2D eigenvalue weighted by molar-refractivity contribution is 7.80. The molecule has 1 fully saturated rings. The Morgan fingerprint density at radius 3 is 2.69 bits per heavy atom. The molecule has 0 unspecified atom stereocenters. The lowest BCUT2D eigenvalue weighted by atomic mass is 9.77. The van der Waals surface area contributed by atoms with Gasteiger partial charge in [0.05, 0.1) is 0 Å². The fourth-order valence-corrected chi connectivity index (χ4v) is 4.77. The van der Waals surface area contributed by atoms with Crippen LogP contribution in [0.3, 0.4) is 0 Å². The summed E-state index contributed by atoms with van der Waals surface area (Å²) >= 11 is 5.46. The molecular weight excluding hydrogens is 344 g/mol. The minimum absolute atomic E-state index is 0.170. The molecule has 3 N–H and O–H groups in total. The fourth-order valence-electron chi connectivity index (χ4n) is 4.31. The van der Waals surface area contributed by atoms with Crippen LogP contribution in [-0.2, 0) is 0 Å². The number of phenolic OH excluding ortho intramolecular Hbond substituents is 1. The van der Waals surface area contributed by atoms with Crippen molar-refractivity contribution in [2.45, 2.75) is 50.8 Å². The van der Waals surface area contributed by atoms with Gasteiger partial charge in [-0.2, -0.15) is 0 Å². The predicted octanol–water partition coefficient (Wildman–Crippen LogP) is 3.96. The first-order valence-corrected chi connectivity index (χ1v) is 9.35. The van der Waals surface area contributed by atoms with Crippen molar-refractivity contribution in [2.75, 3.05) is 0 Å². The zero-order chi connectivity index (χ0) is 18.5. The Bertz CT molecular complexity index is 880. The highest BCUT2D eigenvalue weighted by Crippen LogP contribution is 2.47. The van der Waals surface area contributed by atoms with Crippen molar-refractivity contribution in [1.82, 2.24) is 10.6 Å². The first-order chi connectivity index (χ1) is 12.3. The summed E-state index contributed by atoms with van der Waals surface area (Å²) in [7, 11) is 0. The predicted molar refractivity (Wildman–Crippen MR) is 107 cm³/mol. The summed E-state index contributed by atoms with van der Waals surface area (Å²) in [6, 6.07) is 14.0. The van der Waals surface area contributed by atoms with E-state index in [4.69, 9.17) is 17.0 Å². The smallest absolute Gasteiger partial charge is 0.185 e. The minimum Gasteiger partial charge on any atom is -0.508 e. The first-order valence-electron chi connectivity index (χ1n) is 8.94. The van der Waals surface area contributed by atoms with E-state index < -0.39 is 5.72 Å². The van der Waals surface area contributed by atoms with Crippen LogP contribution in [0.1, 0.15) is 49.3 Å². The van der Waals surface area contributed by atoms with Crippen LogP contribution in [0.15, 0.2) is 42.5 Å². The Morgan fingerprint density at radius 2 is 1.96 bits per heavy atom. The lowest BCUT2D eigenvalue weighted by Crippen LogP contribution is -2.69. The fraction of sp³-hybridized carbons (Fsp3) is 0.381. The molecule has 0 aliphatic carbocycles. The van der Waals surface area contributed by atoms with Gasteiger partial charge in [0, 0.05) is 35.9 Å². The van der Waals surface area contributed by atoms with Crippen LogP contribution in [0.5, 0.6) is 11.5 Å². The Morgan fingerprint density at radius 1 is 1.15 bits per heavy atom. The number of nitrogens with one attached hydrogen (secondary N) is 2. The molecule has 0 bridgehead atoms. The summed E-state index contributed by atoms with van der Waals surface area (Å²) in [5.41, 5.74) is 2.82. The van der Waals surface area contributed by atoms with E-state index in [0.717, 1.165) is 24.2 Å². The number of ether oxygens (including phenoxy) is 1. The molecule has 4 rings (SSSR count). The van der Waals surface area contributed by atoms with Crippen molar-refractivity contribution in [3.8, 4) is 11.5 Å². The number of hydrogen-bond acceptors (Lipinski definition) is 3. The second kappa shape index (κ2) is 5.88. The normalized spacial score (nSPS) is 26.4. The molecule has 2 aliphatic heterocycles. The molecule has 2 heterocycles. The van der Waals surface area contributed by atoms with Crippen LogP contribution in [-0.4, -0.2) is 21.5 Å². The number of phenols is 1. The Balaban J connectivity index is 1.83. The SMILES string of the molecule is Cc1cccc([C@H]2C[C@]3(CC(C)(C)NC(=S)N3)Oc3cc(O)ccc32)c1. The van der Waals surface area contributed by atoms with Gasteiger partial charge >= 0.3 is 0 Å². The highest BCUT2D eigenvalue weighted by atomic mass is 32.1. The van der Waals surface area contributed by atoms with Gasteiger partial charge in [-0.3, -0.25) is 0 Å². The molecular formula is C21H24N2O2S. The number of fused-ring (bicyclic) bond motifs is 1. The van der Waals surface area contributed by atoms with E-state index in [0.29, 0.717) is 5.11 Å². The van der Waals surface area contributed by atoms with Gasteiger partial charge in [0.15, 0.2) is 10.8 Å². The van der Waals surface area contributed by atoms with Gasteiger partial charge in [-0.1, -0.05) is 35.9 Å². The van der Waals surface area contributed by atoms with E-state index in [-0.39, 0.29) is 17.2 Å². The zero-order valence-electron chi connectivity index (χ0n) is 15.3. The summed E-state index contributed by atoms with van der Waals surface area (Å²) in [6.45, 7) is 6.37. The molecule has 0 radical (unpaired) electrons. The number of benzene rings is 2. The monoisotopic (exact) mass is 368 g/mol. The lowest BCUT2D eigenvalue weighted by Gasteiger charge is -2.50. The first kappa shape index (κ1) is 17.2. The van der Waals surface area contributed by atoms with Gasteiger partial charge in [-0.15, -0.1) is 0 Å². The molecule has 2 aliphatic rings. The summed E-state index contributed by atoms with van der Waals surface area (Å²) in [5, 5.41) is 17.3. The molecule has 0 aromatic heterocycles. The van der Waals surface area contributed by atoms with E-state index in [9.17, 15) is 5.11 Å². The largest absolute Gasteiger partial charge is 0.508 e. The second-order valence-corrected chi connectivity index (χ2v) is 8.54. The number of aryl methyl sites for hydroxylation is 1. The van der Waals surface area contributed by atoms with Crippen molar-refractivity contribution in [1.29, 1.82) is 0 Å². The highest BCUT2D eigenvalue weighted by Gasteiger charge is 2.48. The third-order valence-corrected chi connectivity index (χ3v) is 5.38. The molecule has 1 spiro atoms. The maximum Gasteiger partial charge on any atom is 0.185 e. The van der Waals surface area contributed by atoms with Crippen LogP contribution >= 0.6 is 12.2 Å². The molecule has 136 valence electrons. The zero-order valence-corrected chi connectivity index (χ0v) is 16.1. The average molecular weight is 369 g/mol. The van der Waals surface area contributed by atoms with E-state index in [1.165, 1.54) is 11.1 Å². The van der Waals surface area contributed by atoms with Crippen molar-refractivity contribution in [3.05, 3.63) is 59.2 Å². The number of thiocarbonyl (C=S) groups is 1. The van der Waals surface area contributed by atoms with Crippen molar-refractivity contribution in [3.63, 3.8) is 0 Å². The third-order valence-electron chi connectivity index (χ3n) is 5.18. The Labute approximate surface area is 159 Å². The molecule has 0 amide bonds. The van der Waals surface area contributed by atoms with Gasteiger partial charge in [0.2, 0.25) is 0 Å². The summed E-state index contributed by atoms with van der Waals surface area (Å²) in [6.07, 6.45) is 1.54. The number of rotatable bonds is 1. The topological polar surface area (TPSA) is 53.5 Å². The van der Waals surface area contributed by atoms with Crippen LogP contribution in [0.2, 0.25) is 0 Å². The van der Waals surface area contributed by atoms with Crippen LogP contribution in [0.25, 0.3) is 0 Å². The minimum atomic E-state index is -0.596. The number of aromatic hydroxyl groups is 1. The van der Waals surface area contributed by atoms with Crippen molar-refractivity contribution < 1.29 is 9.84 Å². The molecule has 0 saturated carbocycles. The van der Waals surface area contributed by atoms with Crippen molar-refractivity contribution >= 4 is 17.3 Å². The maximum absolute atomic E-state index is 9.99. The summed E-state index contributed by atoms with van der Waals surface area (Å²) < 4.78 is 6.43. The Kier molecular flexibility index (Phi) is 3.88. The summed E-state index contributed by atoms with van der Waals surface area (Å²) in [4.78, 5) is 0. The van der Waals surface area contributed by atoms with Gasteiger partial charge in [0.25, 0.3) is 0 Å². The van der Waals surface area contributed by atoms with Crippen molar-refractivity contribution in [2.24, 2.45) is 0 Å². The maximum atomic E-state index is 9.99. The molecule has 1 saturated heterocycles. The third kappa shape index (κ3) is 3.12. The summed E-state index contributed by atoms with van der Waals surface area (Å²) in [5.74, 6) is 1.10. The molecule has 5 heteroatoms. The number of hydrogen-bond donors (Lipinski definition) is 3. The van der Waals surface area contributed by atoms with Gasteiger partial charge in [-0.25, -0.2) is 0 Å². The molecule has 2 aromatic carbocycles. The van der Waals surface area contributed by atoms with Crippen LogP contribution in [0, 0.1) is 6.92 Å². The Hall–Kier alpha value is -2.27. The van der Waals surface area contributed by atoms with E-state index in [1.807, 2.05) is 6.07 Å². The van der Waals surface area contributed by atoms with E-state index >= 15 is 0 Å². The average Bonchev–Trinajstić information content (AvgIpc) is 2.51. The van der Waals surface area contributed by atoms with E-state index in [1.54, 1.807) is 12.1 Å². The van der Waals surface area contributed by atoms with Crippen LogP contribution in [0.4, 0.5) is 0 Å². The van der Waals surface area contributed by atoms with Crippen LogP contribution < -0.4 is 15.4 Å². The van der Waals surface area contributed by atoms with Gasteiger partial charge < -0.3 is 20.5 Å². The quantitative estimate of drug-likeness (QED) is 0.665. The molecule has 4 nitrogen and oxygen atoms in total. The second-order valence-electron chi connectivity index (χ2n) is 8.13. The van der Waals surface area contributed by atoms with Gasteiger partial charge in [0.1, 0.15) is 11.5 Å².